The summed E-state index contributed by atoms with van der Waals surface area (Å²) in [4.78, 5) is 10.9. The lowest BCUT2D eigenvalue weighted by molar-refractivity contribution is -0.145. The molecule has 2 rings (SSSR count). The van der Waals surface area contributed by atoms with Crippen molar-refractivity contribution < 1.29 is 41.3 Å². The standard InChI is InChI=1S/C19H21F3O6S/c1-2-17(23)27-10-8-25-6-5-24-7-9-26-15-12-18(29)28-16-11-13(19(20,21)22)3-4-14(15)16/h3-4,11-12H,2,5-10H2,1H3. The number of hydrogen-bond donors (Lipinski definition) is 0. The summed E-state index contributed by atoms with van der Waals surface area (Å²) < 4.78 is 64.8. The molecule has 1 heterocycles. The quantitative estimate of drug-likeness (QED) is 0.292. The van der Waals surface area contributed by atoms with E-state index >= 15 is 0 Å². The third kappa shape index (κ3) is 7.64. The molecule has 0 atom stereocenters. The maximum Gasteiger partial charge on any atom is 0.416 e. The Bertz CT molecular complexity index is 865. The van der Waals surface area contributed by atoms with Crippen LogP contribution in [0.1, 0.15) is 18.9 Å². The molecule has 0 radical (unpaired) electrons. The van der Waals surface area contributed by atoms with E-state index < -0.39 is 11.7 Å². The molecular formula is C19H21F3O6S. The Morgan fingerprint density at radius 1 is 1.03 bits per heavy atom. The van der Waals surface area contributed by atoms with Crippen LogP contribution < -0.4 is 4.74 Å². The van der Waals surface area contributed by atoms with E-state index in [9.17, 15) is 18.0 Å². The second-order valence-electron chi connectivity index (χ2n) is 5.79. The number of fused-ring (bicyclic) bond motifs is 1. The lowest BCUT2D eigenvalue weighted by Crippen LogP contribution is -2.14. The first-order chi connectivity index (χ1) is 13.8. The molecule has 0 bridgehead atoms. The maximum absolute atomic E-state index is 12.8. The van der Waals surface area contributed by atoms with E-state index in [2.05, 4.69) is 0 Å². The maximum atomic E-state index is 12.8. The fourth-order valence-electron chi connectivity index (χ4n) is 2.28. The van der Waals surface area contributed by atoms with Gasteiger partial charge in [-0.2, -0.15) is 13.2 Å². The number of hydrogen-bond acceptors (Lipinski definition) is 7. The van der Waals surface area contributed by atoms with Gasteiger partial charge in [-0.05, 0) is 30.4 Å². The van der Waals surface area contributed by atoms with Crippen LogP contribution in [-0.2, 0) is 25.2 Å². The van der Waals surface area contributed by atoms with E-state index in [1.807, 2.05) is 0 Å². The van der Waals surface area contributed by atoms with Gasteiger partial charge < -0.3 is 23.4 Å². The smallest absolute Gasteiger partial charge is 0.416 e. The molecule has 0 aliphatic rings. The molecular weight excluding hydrogens is 413 g/mol. The monoisotopic (exact) mass is 434 g/mol. The van der Waals surface area contributed by atoms with Crippen molar-refractivity contribution in [1.82, 2.24) is 0 Å². The van der Waals surface area contributed by atoms with Crippen molar-refractivity contribution in [3.63, 3.8) is 0 Å². The molecule has 29 heavy (non-hydrogen) atoms. The van der Waals surface area contributed by atoms with E-state index in [0.29, 0.717) is 30.8 Å². The lowest BCUT2D eigenvalue weighted by Gasteiger charge is -2.11. The number of halogens is 3. The van der Waals surface area contributed by atoms with E-state index in [0.717, 1.165) is 12.1 Å². The molecule has 0 aliphatic heterocycles. The first-order valence-electron chi connectivity index (χ1n) is 8.90. The summed E-state index contributed by atoms with van der Waals surface area (Å²) in [7, 11) is 0. The Morgan fingerprint density at radius 2 is 1.69 bits per heavy atom. The number of ether oxygens (including phenoxy) is 4. The van der Waals surface area contributed by atoms with Crippen LogP contribution in [0.5, 0.6) is 5.75 Å². The summed E-state index contributed by atoms with van der Waals surface area (Å²) in [6.45, 7) is 3.25. The molecule has 6 nitrogen and oxygen atoms in total. The second-order valence-corrected chi connectivity index (χ2v) is 6.19. The van der Waals surface area contributed by atoms with Gasteiger partial charge >= 0.3 is 12.1 Å². The molecule has 0 amide bonds. The zero-order valence-electron chi connectivity index (χ0n) is 15.8. The topological polar surface area (TPSA) is 67.1 Å². The van der Waals surface area contributed by atoms with Crippen molar-refractivity contribution >= 4 is 29.2 Å². The molecule has 0 spiro atoms. The average molecular weight is 434 g/mol. The van der Waals surface area contributed by atoms with E-state index in [1.165, 1.54) is 12.1 Å². The molecule has 0 fully saturated rings. The highest BCUT2D eigenvalue weighted by Gasteiger charge is 2.31. The number of carbonyl (C=O) groups excluding carboxylic acids is 1. The molecule has 0 N–H and O–H groups in total. The number of rotatable bonds is 11. The molecule has 0 unspecified atom stereocenters. The molecule has 10 heteroatoms. The van der Waals surface area contributed by atoms with Gasteiger partial charge in [0.2, 0.25) is 0 Å². The van der Waals surface area contributed by atoms with Crippen LogP contribution >= 0.6 is 12.2 Å². The zero-order valence-corrected chi connectivity index (χ0v) is 16.6. The Morgan fingerprint density at radius 3 is 2.34 bits per heavy atom. The highest BCUT2D eigenvalue weighted by Crippen LogP contribution is 2.34. The number of carbonyl (C=O) groups is 1. The van der Waals surface area contributed by atoms with E-state index in [1.54, 1.807) is 6.92 Å². The van der Waals surface area contributed by atoms with Crippen LogP contribution in [0.15, 0.2) is 28.7 Å². The third-order valence-electron chi connectivity index (χ3n) is 3.67. The van der Waals surface area contributed by atoms with Crippen molar-refractivity contribution in [2.24, 2.45) is 0 Å². The summed E-state index contributed by atoms with van der Waals surface area (Å²) in [5.41, 5.74) is -0.825. The summed E-state index contributed by atoms with van der Waals surface area (Å²) in [5, 5.41) is 0.386. The van der Waals surface area contributed by atoms with Crippen molar-refractivity contribution in [1.29, 1.82) is 0 Å². The normalized spacial score (nSPS) is 11.6. The van der Waals surface area contributed by atoms with Gasteiger partial charge in [-0.1, -0.05) is 6.92 Å². The van der Waals surface area contributed by atoms with Crippen LogP contribution in [0.25, 0.3) is 11.0 Å². The fourth-order valence-corrected chi connectivity index (χ4v) is 2.47. The van der Waals surface area contributed by atoms with Crippen molar-refractivity contribution in [3.05, 3.63) is 34.5 Å². The van der Waals surface area contributed by atoms with Gasteiger partial charge in [0, 0.05) is 12.5 Å². The molecule has 0 saturated carbocycles. The van der Waals surface area contributed by atoms with Gasteiger partial charge in [-0.3, -0.25) is 4.79 Å². The number of esters is 1. The predicted octanol–water partition coefficient (Wildman–Crippen LogP) is 4.55. The van der Waals surface area contributed by atoms with Crippen LogP contribution in [-0.4, -0.2) is 45.6 Å². The highest BCUT2D eigenvalue weighted by molar-refractivity contribution is 7.71. The van der Waals surface area contributed by atoms with E-state index in [4.69, 9.17) is 35.6 Å². The molecule has 1 aromatic heterocycles. The molecule has 160 valence electrons. The first-order valence-corrected chi connectivity index (χ1v) is 9.31. The summed E-state index contributed by atoms with van der Waals surface area (Å²) in [5.74, 6) is 0.0441. The Hall–Kier alpha value is -2.17. The van der Waals surface area contributed by atoms with Crippen LogP contribution in [0.4, 0.5) is 13.2 Å². The highest BCUT2D eigenvalue weighted by atomic mass is 32.1. The lowest BCUT2D eigenvalue weighted by atomic mass is 10.1. The SMILES string of the molecule is CCC(=O)OCCOCCOCCOc1cc(=S)oc2cc(C(F)(F)F)ccc12. The number of alkyl halides is 3. The Balaban J connectivity index is 1.75. The summed E-state index contributed by atoms with van der Waals surface area (Å²) in [6, 6.07) is 4.57. The minimum atomic E-state index is -4.48. The van der Waals surface area contributed by atoms with E-state index in [-0.39, 0.29) is 42.7 Å². The van der Waals surface area contributed by atoms with Crippen molar-refractivity contribution in [3.8, 4) is 5.75 Å². The van der Waals surface area contributed by atoms with Gasteiger partial charge in [0.15, 0.2) is 4.71 Å². The Kier molecular flexibility index (Phi) is 8.87. The molecule has 0 aliphatic carbocycles. The molecule has 2 aromatic rings. The van der Waals surface area contributed by atoms with Gasteiger partial charge in [-0.15, -0.1) is 0 Å². The second kappa shape index (κ2) is 11.1. The van der Waals surface area contributed by atoms with Crippen molar-refractivity contribution in [2.45, 2.75) is 19.5 Å². The third-order valence-corrected chi connectivity index (χ3v) is 3.87. The van der Waals surface area contributed by atoms with Gasteiger partial charge in [0.25, 0.3) is 0 Å². The Labute approximate surface area is 170 Å². The minimum absolute atomic E-state index is 0.000386. The van der Waals surface area contributed by atoms with Gasteiger partial charge in [-0.25, -0.2) is 0 Å². The number of benzene rings is 1. The van der Waals surface area contributed by atoms with Crippen molar-refractivity contribution in [2.75, 3.05) is 39.6 Å². The first kappa shape index (κ1) is 23.1. The zero-order chi connectivity index (χ0) is 21.3. The van der Waals surface area contributed by atoms with Gasteiger partial charge in [0.05, 0.1) is 37.4 Å². The fraction of sp³-hybridized carbons (Fsp3) is 0.474. The minimum Gasteiger partial charge on any atom is -0.490 e. The predicted molar refractivity (Wildman–Crippen MR) is 100 cm³/mol. The average Bonchev–Trinajstić information content (AvgIpc) is 2.67. The van der Waals surface area contributed by atoms with Gasteiger partial charge in [0.1, 0.15) is 24.5 Å². The van der Waals surface area contributed by atoms with Crippen LogP contribution in [0.3, 0.4) is 0 Å². The summed E-state index contributed by atoms with van der Waals surface area (Å²) >= 11 is 4.95. The van der Waals surface area contributed by atoms with Crippen LogP contribution in [0, 0.1) is 4.71 Å². The summed E-state index contributed by atoms with van der Waals surface area (Å²) in [6.07, 6.45) is -4.15. The molecule has 0 saturated heterocycles. The van der Waals surface area contributed by atoms with Crippen LogP contribution in [0.2, 0.25) is 0 Å². The molecule has 1 aromatic carbocycles. The largest absolute Gasteiger partial charge is 0.490 e.